The van der Waals surface area contributed by atoms with E-state index in [4.69, 9.17) is 0 Å². The molecule has 0 atom stereocenters. The van der Waals surface area contributed by atoms with Crippen molar-refractivity contribution in [2.24, 2.45) is 0 Å². The van der Waals surface area contributed by atoms with Crippen LogP contribution < -0.4 is 5.32 Å². The van der Waals surface area contributed by atoms with Gasteiger partial charge in [0.15, 0.2) is 0 Å². The van der Waals surface area contributed by atoms with Crippen LogP contribution in [0.3, 0.4) is 0 Å². The van der Waals surface area contributed by atoms with Crippen LogP contribution in [0.1, 0.15) is 39.2 Å². The van der Waals surface area contributed by atoms with Crippen LogP contribution in [0.5, 0.6) is 0 Å². The molecule has 0 unspecified atom stereocenters. The Morgan fingerprint density at radius 2 is 2.00 bits per heavy atom. The summed E-state index contributed by atoms with van der Waals surface area (Å²) in [6.07, 6.45) is 5.96. The molecule has 1 aromatic carbocycles. The lowest BCUT2D eigenvalue weighted by molar-refractivity contribution is 0.589. The van der Waals surface area contributed by atoms with Gasteiger partial charge in [0.2, 0.25) is 0 Å². The molecule has 0 aliphatic rings. The largest absolute Gasteiger partial charge is 0.347 e. The first-order valence-electron chi connectivity index (χ1n) is 7.52. The predicted molar refractivity (Wildman–Crippen MR) is 83.7 cm³/mol. The number of hydrogen-bond donors (Lipinski definition) is 1. The van der Waals surface area contributed by atoms with Crippen molar-refractivity contribution in [3.05, 3.63) is 36.0 Å². The monoisotopic (exact) mass is 258 g/mol. The minimum Gasteiger partial charge on any atom is -0.347 e. The molecule has 19 heavy (non-hydrogen) atoms. The highest BCUT2D eigenvalue weighted by Gasteiger charge is 2.07. The molecular formula is C17H26N2. The lowest BCUT2D eigenvalue weighted by Gasteiger charge is -2.06. The summed E-state index contributed by atoms with van der Waals surface area (Å²) < 4.78 is 2.42. The summed E-state index contributed by atoms with van der Waals surface area (Å²) >= 11 is 0. The van der Waals surface area contributed by atoms with Gasteiger partial charge in [0.25, 0.3) is 0 Å². The van der Waals surface area contributed by atoms with E-state index in [9.17, 15) is 0 Å². The number of para-hydroxylation sites is 1. The van der Waals surface area contributed by atoms with E-state index < -0.39 is 0 Å². The van der Waals surface area contributed by atoms with Crippen molar-refractivity contribution in [1.82, 2.24) is 9.88 Å². The molecule has 0 aliphatic heterocycles. The van der Waals surface area contributed by atoms with Crippen molar-refractivity contribution in [3.8, 4) is 0 Å². The van der Waals surface area contributed by atoms with Crippen molar-refractivity contribution in [3.63, 3.8) is 0 Å². The summed E-state index contributed by atoms with van der Waals surface area (Å²) in [5.74, 6) is 0. The van der Waals surface area contributed by atoms with Gasteiger partial charge >= 0.3 is 0 Å². The number of aryl methyl sites for hydroxylation is 1. The molecule has 0 saturated heterocycles. The Bertz CT molecular complexity index is 511. The maximum absolute atomic E-state index is 3.50. The standard InChI is InChI=1S/C17H26N2/c1-4-5-12-19-13-15(10-11-18-14(2)3)16-8-6-7-9-17(16)19/h6-9,13-14,18H,4-5,10-12H2,1-3H3. The number of aromatic nitrogens is 1. The second-order valence-electron chi connectivity index (χ2n) is 5.58. The molecular weight excluding hydrogens is 232 g/mol. The Hall–Kier alpha value is -1.28. The van der Waals surface area contributed by atoms with Crippen molar-refractivity contribution < 1.29 is 0 Å². The molecule has 0 radical (unpaired) electrons. The average Bonchev–Trinajstić information content (AvgIpc) is 2.75. The molecule has 2 nitrogen and oxygen atoms in total. The van der Waals surface area contributed by atoms with Crippen LogP contribution in [0.15, 0.2) is 30.5 Å². The molecule has 0 bridgehead atoms. The molecule has 0 amide bonds. The van der Waals surface area contributed by atoms with E-state index in [1.807, 2.05) is 0 Å². The fraction of sp³-hybridized carbons (Fsp3) is 0.529. The lowest BCUT2D eigenvalue weighted by Crippen LogP contribution is -2.24. The number of fused-ring (bicyclic) bond motifs is 1. The Labute approximate surface area is 116 Å². The van der Waals surface area contributed by atoms with Crippen LogP contribution in [0.25, 0.3) is 10.9 Å². The Morgan fingerprint density at radius 3 is 2.74 bits per heavy atom. The van der Waals surface area contributed by atoms with Gasteiger partial charge in [-0.25, -0.2) is 0 Å². The van der Waals surface area contributed by atoms with E-state index in [1.165, 1.54) is 29.3 Å². The quantitative estimate of drug-likeness (QED) is 0.795. The van der Waals surface area contributed by atoms with Gasteiger partial charge in [0.1, 0.15) is 0 Å². The van der Waals surface area contributed by atoms with Crippen LogP contribution >= 0.6 is 0 Å². The summed E-state index contributed by atoms with van der Waals surface area (Å²) in [5, 5.41) is 4.92. The first kappa shape index (κ1) is 14.1. The van der Waals surface area contributed by atoms with Gasteiger partial charge in [-0.3, -0.25) is 0 Å². The van der Waals surface area contributed by atoms with Crippen LogP contribution in [0, 0.1) is 0 Å². The molecule has 0 fully saturated rings. The average molecular weight is 258 g/mol. The maximum atomic E-state index is 3.50. The van der Waals surface area contributed by atoms with Crippen LogP contribution in [-0.2, 0) is 13.0 Å². The Morgan fingerprint density at radius 1 is 1.21 bits per heavy atom. The molecule has 0 spiro atoms. The highest BCUT2D eigenvalue weighted by molar-refractivity contribution is 5.84. The zero-order chi connectivity index (χ0) is 13.7. The van der Waals surface area contributed by atoms with Crippen molar-refractivity contribution in [2.45, 2.75) is 52.6 Å². The molecule has 1 aromatic heterocycles. The second-order valence-corrected chi connectivity index (χ2v) is 5.58. The second kappa shape index (κ2) is 6.76. The number of rotatable bonds is 7. The summed E-state index contributed by atoms with van der Waals surface area (Å²) in [5.41, 5.74) is 2.86. The number of benzene rings is 1. The SMILES string of the molecule is CCCCn1cc(CCNC(C)C)c2ccccc21. The zero-order valence-corrected chi connectivity index (χ0v) is 12.4. The van der Waals surface area contributed by atoms with Gasteiger partial charge in [-0.15, -0.1) is 0 Å². The van der Waals surface area contributed by atoms with E-state index in [2.05, 4.69) is 61.1 Å². The number of hydrogen-bond acceptors (Lipinski definition) is 1. The highest BCUT2D eigenvalue weighted by Crippen LogP contribution is 2.22. The van der Waals surface area contributed by atoms with E-state index in [1.54, 1.807) is 0 Å². The van der Waals surface area contributed by atoms with E-state index >= 15 is 0 Å². The van der Waals surface area contributed by atoms with Gasteiger partial charge < -0.3 is 9.88 Å². The molecule has 2 aromatic rings. The van der Waals surface area contributed by atoms with Crippen LogP contribution in [-0.4, -0.2) is 17.2 Å². The molecule has 0 aliphatic carbocycles. The Kier molecular flexibility index (Phi) is 5.03. The fourth-order valence-electron chi connectivity index (χ4n) is 2.53. The third-order valence-electron chi connectivity index (χ3n) is 3.57. The lowest BCUT2D eigenvalue weighted by atomic mass is 10.1. The molecule has 104 valence electrons. The minimum atomic E-state index is 0.563. The van der Waals surface area contributed by atoms with Crippen molar-refractivity contribution in [1.29, 1.82) is 0 Å². The third kappa shape index (κ3) is 3.60. The van der Waals surface area contributed by atoms with E-state index in [0.29, 0.717) is 6.04 Å². The molecule has 1 N–H and O–H groups in total. The third-order valence-corrected chi connectivity index (χ3v) is 3.57. The van der Waals surface area contributed by atoms with Gasteiger partial charge in [0, 0.05) is 29.7 Å². The van der Waals surface area contributed by atoms with Crippen LogP contribution in [0.2, 0.25) is 0 Å². The van der Waals surface area contributed by atoms with Crippen molar-refractivity contribution >= 4 is 10.9 Å². The smallest absolute Gasteiger partial charge is 0.0483 e. The number of unbranched alkanes of at least 4 members (excludes halogenated alkanes) is 1. The summed E-state index contributed by atoms with van der Waals surface area (Å²) in [4.78, 5) is 0. The highest BCUT2D eigenvalue weighted by atomic mass is 15.0. The van der Waals surface area contributed by atoms with Gasteiger partial charge in [-0.05, 0) is 31.0 Å². The Balaban J connectivity index is 2.18. The van der Waals surface area contributed by atoms with E-state index in [0.717, 1.165) is 19.5 Å². The fourth-order valence-corrected chi connectivity index (χ4v) is 2.53. The summed E-state index contributed by atoms with van der Waals surface area (Å²) in [6, 6.07) is 9.34. The number of nitrogens with one attached hydrogen (secondary N) is 1. The minimum absolute atomic E-state index is 0.563. The summed E-state index contributed by atoms with van der Waals surface area (Å²) in [7, 11) is 0. The maximum Gasteiger partial charge on any atom is 0.0483 e. The molecule has 2 rings (SSSR count). The van der Waals surface area contributed by atoms with Crippen LogP contribution in [0.4, 0.5) is 0 Å². The van der Waals surface area contributed by atoms with E-state index in [-0.39, 0.29) is 0 Å². The van der Waals surface area contributed by atoms with Gasteiger partial charge in [0.05, 0.1) is 0 Å². The zero-order valence-electron chi connectivity index (χ0n) is 12.4. The predicted octanol–water partition coefficient (Wildman–Crippen LogP) is 3.98. The number of nitrogens with zero attached hydrogens (tertiary/aromatic N) is 1. The van der Waals surface area contributed by atoms with Crippen molar-refractivity contribution in [2.75, 3.05) is 6.54 Å². The normalized spacial score (nSPS) is 11.6. The van der Waals surface area contributed by atoms with Gasteiger partial charge in [-0.2, -0.15) is 0 Å². The molecule has 2 heteroatoms. The summed E-state index contributed by atoms with van der Waals surface area (Å²) in [6.45, 7) is 8.84. The topological polar surface area (TPSA) is 17.0 Å². The molecule has 0 saturated carbocycles. The first-order chi connectivity index (χ1) is 9.22. The molecule has 1 heterocycles. The van der Waals surface area contributed by atoms with Gasteiger partial charge in [-0.1, -0.05) is 45.4 Å². The first-order valence-corrected chi connectivity index (χ1v) is 7.52.